The zero-order valence-electron chi connectivity index (χ0n) is 20.9. The molecule has 5 heterocycles. The first kappa shape index (κ1) is 25.7. The minimum atomic E-state index is -2.81. The largest absolute Gasteiger partial charge is 0.412 e. The van der Waals surface area contributed by atoms with E-state index in [9.17, 15) is 13.6 Å². The highest BCUT2D eigenvalue weighted by Gasteiger charge is 2.38. The summed E-state index contributed by atoms with van der Waals surface area (Å²) in [6.07, 6.45) is 5.38. The van der Waals surface area contributed by atoms with Crippen molar-refractivity contribution in [3.8, 4) is 11.5 Å². The van der Waals surface area contributed by atoms with Crippen LogP contribution in [-0.4, -0.2) is 53.2 Å². The Labute approximate surface area is 221 Å². The van der Waals surface area contributed by atoms with Crippen LogP contribution in [-0.2, 0) is 0 Å². The van der Waals surface area contributed by atoms with E-state index in [1.165, 1.54) is 6.20 Å². The summed E-state index contributed by atoms with van der Waals surface area (Å²) in [4.78, 5) is 20.2. The number of nitrogens with zero attached hydrogens (tertiary/aromatic N) is 8. The Bertz CT molecular complexity index is 1540. The summed E-state index contributed by atoms with van der Waals surface area (Å²) in [5, 5.41) is 16.5. The number of carbonyl (C=O) groups excluding carboxylic acids is 1. The molecule has 4 aromatic rings. The van der Waals surface area contributed by atoms with Crippen molar-refractivity contribution in [2.45, 2.75) is 46.2 Å². The number of halogens is 3. The lowest BCUT2D eigenvalue weighted by Crippen LogP contribution is -2.40. The van der Waals surface area contributed by atoms with Gasteiger partial charge in [0.1, 0.15) is 11.2 Å². The quantitative estimate of drug-likeness (QED) is 0.222. The van der Waals surface area contributed by atoms with Crippen LogP contribution < -0.4 is 0 Å². The van der Waals surface area contributed by atoms with E-state index in [-0.39, 0.29) is 23.3 Å². The molecular formula is C25H25ClF2N8O2. The molecule has 0 radical (unpaired) electrons. The first-order valence-electron chi connectivity index (χ1n) is 12.1. The second-order valence-corrected chi connectivity index (χ2v) is 9.48. The summed E-state index contributed by atoms with van der Waals surface area (Å²) in [5.74, 6) is -0.690. The summed E-state index contributed by atoms with van der Waals surface area (Å²) in [6.45, 7) is 3.72. The maximum atomic E-state index is 13.8. The number of aromatic nitrogens is 6. The van der Waals surface area contributed by atoms with Gasteiger partial charge >= 0.3 is 18.3 Å². The summed E-state index contributed by atoms with van der Waals surface area (Å²) < 4.78 is 33.6. The first-order valence-corrected chi connectivity index (χ1v) is 12.5. The molecule has 0 N–H and O–H groups in total. The number of pyridine rings is 1. The molecule has 38 heavy (non-hydrogen) atoms. The Morgan fingerprint density at radius 1 is 1.32 bits per heavy atom. The molecule has 198 valence electrons. The second kappa shape index (κ2) is 10.4. The third-order valence-electron chi connectivity index (χ3n) is 6.29. The Balaban J connectivity index is 1.58. The SMILES string of the molecule is CCC=NC1=C(C(C)C)CCN(C(=O)c2nnc(-c3cnn(C(F)F)c3)o2)C1c1cc2cccc(Cl)n2n1. The molecule has 4 aromatic heterocycles. The minimum absolute atomic E-state index is 0.0871. The third-order valence-corrected chi connectivity index (χ3v) is 6.57. The van der Waals surface area contributed by atoms with E-state index >= 15 is 0 Å². The van der Waals surface area contributed by atoms with Gasteiger partial charge in [0.25, 0.3) is 5.89 Å². The van der Waals surface area contributed by atoms with E-state index in [0.717, 1.165) is 23.0 Å². The molecule has 1 unspecified atom stereocenters. The highest BCUT2D eigenvalue weighted by atomic mass is 35.5. The van der Waals surface area contributed by atoms with Gasteiger partial charge in [-0.2, -0.15) is 19.0 Å². The van der Waals surface area contributed by atoms with Crippen molar-refractivity contribution >= 4 is 29.2 Å². The van der Waals surface area contributed by atoms with Gasteiger partial charge in [-0.25, -0.2) is 9.20 Å². The highest BCUT2D eigenvalue weighted by molar-refractivity contribution is 6.29. The zero-order valence-corrected chi connectivity index (χ0v) is 21.7. The van der Waals surface area contributed by atoms with Crippen molar-refractivity contribution in [1.82, 2.24) is 34.5 Å². The van der Waals surface area contributed by atoms with Gasteiger partial charge < -0.3 is 9.32 Å². The van der Waals surface area contributed by atoms with Crippen molar-refractivity contribution < 1.29 is 18.0 Å². The van der Waals surface area contributed by atoms with Crippen LogP contribution in [0.2, 0.25) is 5.15 Å². The van der Waals surface area contributed by atoms with Gasteiger partial charge in [0.15, 0.2) is 0 Å². The lowest BCUT2D eigenvalue weighted by Gasteiger charge is -2.36. The first-order chi connectivity index (χ1) is 18.3. The number of alkyl halides is 2. The standard InChI is InChI=1S/C25H25ClF2N8O2/c1-4-9-29-20-17(14(2)3)8-10-34(21(20)18-11-16-6-5-7-19(26)36(16)33-18)24(37)23-32-31-22(38-23)15-12-30-35(13-15)25(27)28/h5-7,9,11-14,21,25H,4,8,10H2,1-3H3. The predicted octanol–water partition coefficient (Wildman–Crippen LogP) is 5.61. The van der Waals surface area contributed by atoms with Gasteiger partial charge in [-0.15, -0.1) is 10.2 Å². The fourth-order valence-electron chi connectivity index (χ4n) is 4.51. The van der Waals surface area contributed by atoms with E-state index in [1.807, 2.05) is 31.3 Å². The molecule has 10 nitrogen and oxygen atoms in total. The van der Waals surface area contributed by atoms with Gasteiger partial charge in [-0.05, 0) is 42.5 Å². The lowest BCUT2D eigenvalue weighted by molar-refractivity contribution is 0.0566. The third kappa shape index (κ3) is 4.71. The van der Waals surface area contributed by atoms with Crippen LogP contribution in [0.1, 0.15) is 62.6 Å². The van der Waals surface area contributed by atoms with Crippen LogP contribution in [0, 0.1) is 5.92 Å². The topological polar surface area (TPSA) is 107 Å². The number of hydrogen-bond donors (Lipinski definition) is 0. The van der Waals surface area contributed by atoms with E-state index in [1.54, 1.807) is 15.5 Å². The Morgan fingerprint density at radius 3 is 2.82 bits per heavy atom. The number of rotatable bonds is 7. The molecule has 0 bridgehead atoms. The van der Waals surface area contributed by atoms with E-state index < -0.39 is 18.5 Å². The van der Waals surface area contributed by atoms with Crippen LogP contribution in [0.5, 0.6) is 0 Å². The number of carbonyl (C=O) groups is 1. The van der Waals surface area contributed by atoms with Gasteiger partial charge in [0.2, 0.25) is 0 Å². The average molecular weight is 543 g/mol. The van der Waals surface area contributed by atoms with Crippen molar-refractivity contribution in [2.24, 2.45) is 10.9 Å². The average Bonchev–Trinajstić information content (AvgIpc) is 3.65. The highest BCUT2D eigenvalue weighted by Crippen LogP contribution is 2.40. The predicted molar refractivity (Wildman–Crippen MR) is 136 cm³/mol. The molecule has 1 amide bonds. The summed E-state index contributed by atoms with van der Waals surface area (Å²) in [7, 11) is 0. The fourth-order valence-corrected chi connectivity index (χ4v) is 4.71. The zero-order chi connectivity index (χ0) is 27.0. The molecule has 0 spiro atoms. The number of fused-ring (bicyclic) bond motifs is 1. The smallest absolute Gasteiger partial charge is 0.333 e. The van der Waals surface area contributed by atoms with E-state index in [0.29, 0.717) is 34.9 Å². The number of amides is 1. The second-order valence-electron chi connectivity index (χ2n) is 9.09. The van der Waals surface area contributed by atoms with Gasteiger partial charge in [0.05, 0.1) is 28.7 Å². The van der Waals surface area contributed by atoms with Crippen LogP contribution in [0.3, 0.4) is 0 Å². The lowest BCUT2D eigenvalue weighted by atomic mass is 9.89. The molecule has 0 saturated heterocycles. The number of hydrogen-bond acceptors (Lipinski definition) is 7. The summed E-state index contributed by atoms with van der Waals surface area (Å²) >= 11 is 6.38. The maximum absolute atomic E-state index is 13.8. The fraction of sp³-hybridized carbons (Fsp3) is 0.360. The molecule has 0 saturated carbocycles. The monoisotopic (exact) mass is 542 g/mol. The van der Waals surface area contributed by atoms with Crippen molar-refractivity contribution in [2.75, 3.05) is 6.54 Å². The molecule has 1 aliphatic heterocycles. The molecule has 0 fully saturated rings. The minimum Gasteiger partial charge on any atom is -0.412 e. The van der Waals surface area contributed by atoms with Crippen LogP contribution >= 0.6 is 11.6 Å². The molecule has 1 atom stereocenters. The maximum Gasteiger partial charge on any atom is 0.333 e. The molecule has 0 aliphatic carbocycles. The Hall–Kier alpha value is -3.93. The molecule has 0 aromatic carbocycles. The molecule has 13 heteroatoms. The van der Waals surface area contributed by atoms with Crippen LogP contribution in [0.25, 0.3) is 17.0 Å². The van der Waals surface area contributed by atoms with Gasteiger partial charge in [-0.3, -0.25) is 9.79 Å². The molecule has 5 rings (SSSR count). The van der Waals surface area contributed by atoms with Crippen molar-refractivity contribution in [3.63, 3.8) is 0 Å². The molecular weight excluding hydrogens is 518 g/mol. The Morgan fingerprint density at radius 2 is 2.13 bits per heavy atom. The van der Waals surface area contributed by atoms with Gasteiger partial charge in [-0.1, -0.05) is 38.4 Å². The van der Waals surface area contributed by atoms with E-state index in [4.69, 9.17) is 26.1 Å². The number of aliphatic imine (C=N–C) groups is 1. The van der Waals surface area contributed by atoms with Crippen molar-refractivity contribution in [3.05, 3.63) is 64.7 Å². The van der Waals surface area contributed by atoms with Crippen molar-refractivity contribution in [1.29, 1.82) is 0 Å². The van der Waals surface area contributed by atoms with Crippen LogP contribution in [0.15, 0.2) is 57.3 Å². The molecule has 1 aliphatic rings. The van der Waals surface area contributed by atoms with Gasteiger partial charge in [0, 0.05) is 19.0 Å². The summed E-state index contributed by atoms with van der Waals surface area (Å²) in [5.41, 5.74) is 3.39. The summed E-state index contributed by atoms with van der Waals surface area (Å²) in [6, 6.07) is 6.68. The Kier molecular flexibility index (Phi) is 7.06. The van der Waals surface area contributed by atoms with E-state index in [2.05, 4.69) is 29.1 Å². The van der Waals surface area contributed by atoms with Crippen LogP contribution in [0.4, 0.5) is 8.78 Å². The normalized spacial score (nSPS) is 16.6.